The molecule has 0 aliphatic carbocycles. The lowest BCUT2D eigenvalue weighted by Gasteiger charge is -2.37. The van der Waals surface area contributed by atoms with Gasteiger partial charge in [0.05, 0.1) is 27.8 Å². The number of hydrogen-bond donors (Lipinski definition) is 3. The fourth-order valence-electron chi connectivity index (χ4n) is 5.71. The predicted octanol–water partition coefficient (Wildman–Crippen LogP) is 2.15. The second-order valence-electron chi connectivity index (χ2n) is 10.5. The summed E-state index contributed by atoms with van der Waals surface area (Å²) >= 11 is 0. The number of benzene rings is 2. The van der Waals surface area contributed by atoms with E-state index in [0.717, 1.165) is 5.57 Å². The zero-order valence-electron chi connectivity index (χ0n) is 20.5. The van der Waals surface area contributed by atoms with Crippen LogP contribution in [0.25, 0.3) is 16.6 Å². The van der Waals surface area contributed by atoms with Crippen LogP contribution >= 0.6 is 0 Å². The van der Waals surface area contributed by atoms with Crippen LogP contribution < -0.4 is 21.1 Å². The Hall–Kier alpha value is -3.82. The van der Waals surface area contributed by atoms with Crippen LogP contribution in [0.2, 0.25) is 0 Å². The normalized spacial score (nSPS) is 26.0. The number of rotatable bonds is 2. The summed E-state index contributed by atoms with van der Waals surface area (Å²) < 4.78 is 1.40. The van der Waals surface area contributed by atoms with Crippen LogP contribution in [-0.4, -0.2) is 38.2 Å². The second-order valence-corrected chi connectivity index (χ2v) is 10.5. The quantitative estimate of drug-likeness (QED) is 0.512. The van der Waals surface area contributed by atoms with Gasteiger partial charge in [0.1, 0.15) is 17.8 Å². The van der Waals surface area contributed by atoms with E-state index in [1.54, 1.807) is 55.1 Å². The van der Waals surface area contributed by atoms with Crippen molar-refractivity contribution in [1.82, 2.24) is 20.2 Å². The van der Waals surface area contributed by atoms with E-state index in [1.165, 1.54) is 4.57 Å². The average molecular weight is 486 g/mol. The van der Waals surface area contributed by atoms with Crippen molar-refractivity contribution in [2.24, 2.45) is 0 Å². The molecular weight excluding hydrogens is 458 g/mol. The third kappa shape index (κ3) is 2.90. The van der Waals surface area contributed by atoms with Gasteiger partial charge in [-0.2, -0.15) is 0 Å². The molecule has 3 aliphatic heterocycles. The predicted molar refractivity (Wildman–Crippen MR) is 135 cm³/mol. The molecule has 0 bridgehead atoms. The molecule has 6 rings (SSSR count). The van der Waals surface area contributed by atoms with E-state index in [-0.39, 0.29) is 17.9 Å². The highest BCUT2D eigenvalue weighted by atomic mass is 16.3. The summed E-state index contributed by atoms with van der Waals surface area (Å²) in [4.78, 5) is 46.8. The first-order valence-electron chi connectivity index (χ1n) is 12.0. The Morgan fingerprint density at radius 3 is 2.50 bits per heavy atom. The lowest BCUT2D eigenvalue weighted by molar-refractivity contribution is -0.126. The lowest BCUT2D eigenvalue weighted by atomic mass is 9.85. The van der Waals surface area contributed by atoms with Crippen molar-refractivity contribution in [1.29, 1.82) is 0 Å². The Morgan fingerprint density at radius 1 is 1.06 bits per heavy atom. The van der Waals surface area contributed by atoms with Gasteiger partial charge in [0.2, 0.25) is 11.8 Å². The fraction of sp³-hybridized carbons (Fsp3) is 0.333. The molecule has 1 fully saturated rings. The van der Waals surface area contributed by atoms with Gasteiger partial charge in [0.15, 0.2) is 5.82 Å². The number of nitrogens with zero attached hydrogens (tertiary/aromatic N) is 3. The number of aromatic nitrogens is 2. The number of aliphatic hydroxyl groups is 1. The Kier molecular flexibility index (Phi) is 4.62. The first-order valence-corrected chi connectivity index (χ1v) is 12.0. The third-order valence-corrected chi connectivity index (χ3v) is 7.49. The minimum atomic E-state index is -1.63. The molecule has 0 radical (unpaired) electrons. The van der Waals surface area contributed by atoms with Crippen LogP contribution in [0.1, 0.15) is 51.5 Å². The summed E-state index contributed by atoms with van der Waals surface area (Å²) in [6.45, 7) is 7.22. The Balaban J connectivity index is 1.56. The van der Waals surface area contributed by atoms with Crippen LogP contribution in [-0.2, 0) is 15.2 Å². The van der Waals surface area contributed by atoms with Crippen LogP contribution in [0.15, 0.2) is 58.9 Å². The molecule has 4 heterocycles. The molecule has 3 atom stereocenters. The van der Waals surface area contributed by atoms with Gasteiger partial charge in [-0.25, -0.2) is 4.98 Å². The summed E-state index contributed by atoms with van der Waals surface area (Å²) in [5.74, 6) is -0.224. The highest BCUT2D eigenvalue weighted by Gasteiger charge is 2.61. The fourth-order valence-corrected chi connectivity index (χ4v) is 5.71. The zero-order chi connectivity index (χ0) is 25.6. The molecule has 0 spiro atoms. The number of fused-ring (bicyclic) bond motifs is 5. The molecule has 2 amide bonds. The van der Waals surface area contributed by atoms with Crippen LogP contribution in [0.3, 0.4) is 0 Å². The van der Waals surface area contributed by atoms with Gasteiger partial charge < -0.3 is 10.4 Å². The number of carbonyl (C=O) groups excluding carboxylic acids is 2. The Morgan fingerprint density at radius 2 is 1.75 bits per heavy atom. The van der Waals surface area contributed by atoms with Crippen LogP contribution in [0, 0.1) is 0 Å². The van der Waals surface area contributed by atoms with Gasteiger partial charge in [0.25, 0.3) is 5.56 Å². The largest absolute Gasteiger partial charge is 0.381 e. The molecule has 1 aromatic heterocycles. The zero-order valence-corrected chi connectivity index (χ0v) is 20.5. The highest BCUT2D eigenvalue weighted by molar-refractivity contribution is 6.05. The number of nitrogens with one attached hydrogen (secondary N) is 2. The smallest absolute Gasteiger partial charge is 0.262 e. The van der Waals surface area contributed by atoms with E-state index < -0.39 is 29.3 Å². The number of para-hydroxylation sites is 2. The van der Waals surface area contributed by atoms with E-state index in [0.29, 0.717) is 33.7 Å². The van der Waals surface area contributed by atoms with Crippen LogP contribution in [0.4, 0.5) is 5.69 Å². The molecule has 3 aromatic rings. The van der Waals surface area contributed by atoms with Crippen molar-refractivity contribution < 1.29 is 14.7 Å². The highest BCUT2D eigenvalue weighted by Crippen LogP contribution is 2.50. The first kappa shape index (κ1) is 22.6. The molecule has 0 saturated carbocycles. The van der Waals surface area contributed by atoms with E-state index in [1.807, 2.05) is 26.0 Å². The summed E-state index contributed by atoms with van der Waals surface area (Å²) in [5, 5.41) is 18.8. The van der Waals surface area contributed by atoms with Crippen molar-refractivity contribution >= 4 is 34.1 Å². The molecule has 3 N–H and O–H groups in total. The molecule has 36 heavy (non-hydrogen) atoms. The molecule has 9 heteroatoms. The van der Waals surface area contributed by atoms with Crippen molar-refractivity contribution in [2.75, 3.05) is 4.90 Å². The van der Waals surface area contributed by atoms with Gasteiger partial charge >= 0.3 is 0 Å². The van der Waals surface area contributed by atoms with Gasteiger partial charge in [-0.05, 0) is 51.5 Å². The minimum absolute atomic E-state index is 0.129. The number of hydrogen-bond acceptors (Lipinski definition) is 6. The van der Waals surface area contributed by atoms with E-state index in [9.17, 15) is 19.5 Å². The second kappa shape index (κ2) is 7.35. The maximum Gasteiger partial charge on any atom is 0.262 e. The standard InChI is InChI=1S/C27H27N5O4/c1-14(2)20-21-28-17-11-7-5-9-15(17)23(34)31(21)19(22(33)29-20)13-27(36)16-10-6-8-12-18(16)32-24(27)30-26(3,4)25(32)35/h5-12,19,24,30,36H,13H2,1-4H3,(H,29,33)/t19-,24-,27+/m1/s1. The summed E-state index contributed by atoms with van der Waals surface area (Å²) in [5.41, 5.74) is 0.0674. The average Bonchev–Trinajstić information content (AvgIpc) is 3.23. The number of carbonyl (C=O) groups is 2. The molecule has 3 aliphatic rings. The number of amides is 2. The molecule has 2 aromatic carbocycles. The first-order chi connectivity index (χ1) is 17.0. The van der Waals surface area contributed by atoms with Gasteiger partial charge in [-0.1, -0.05) is 30.3 Å². The molecule has 1 saturated heterocycles. The van der Waals surface area contributed by atoms with Gasteiger partial charge in [-0.15, -0.1) is 0 Å². The Labute approximate surface area is 207 Å². The molecule has 0 unspecified atom stereocenters. The maximum atomic E-state index is 13.8. The maximum absolute atomic E-state index is 13.8. The van der Waals surface area contributed by atoms with Crippen molar-refractivity contribution in [3.05, 3.63) is 75.8 Å². The number of allylic oxidation sites excluding steroid dienone is 1. The molecule has 184 valence electrons. The molecular formula is C27H27N5O4. The number of anilines is 1. The topological polar surface area (TPSA) is 117 Å². The van der Waals surface area contributed by atoms with Crippen molar-refractivity contribution in [2.45, 2.75) is 57.5 Å². The summed E-state index contributed by atoms with van der Waals surface area (Å²) in [6, 6.07) is 13.1. The minimum Gasteiger partial charge on any atom is -0.381 e. The summed E-state index contributed by atoms with van der Waals surface area (Å²) in [6.07, 6.45) is -0.918. The van der Waals surface area contributed by atoms with Crippen molar-refractivity contribution in [3.63, 3.8) is 0 Å². The monoisotopic (exact) mass is 485 g/mol. The van der Waals surface area contributed by atoms with Gasteiger partial charge in [0, 0.05) is 12.0 Å². The van der Waals surface area contributed by atoms with Crippen LogP contribution in [0.5, 0.6) is 0 Å². The van der Waals surface area contributed by atoms with E-state index >= 15 is 0 Å². The van der Waals surface area contributed by atoms with E-state index in [2.05, 4.69) is 10.6 Å². The third-order valence-electron chi connectivity index (χ3n) is 7.49. The molecule has 9 nitrogen and oxygen atoms in total. The Bertz CT molecular complexity index is 1570. The SMILES string of the molecule is CC(C)=C1NC(=O)[C@@H](C[C@]2(O)c3ccccc3N3C(=O)C(C)(C)N[C@H]32)n2c1nc1ccccc1c2=O. The summed E-state index contributed by atoms with van der Waals surface area (Å²) in [7, 11) is 0. The van der Waals surface area contributed by atoms with Gasteiger partial charge in [-0.3, -0.25) is 29.2 Å². The van der Waals surface area contributed by atoms with Crippen molar-refractivity contribution in [3.8, 4) is 0 Å². The lowest BCUT2D eigenvalue weighted by Crippen LogP contribution is -2.54. The van der Waals surface area contributed by atoms with E-state index in [4.69, 9.17) is 4.98 Å².